The van der Waals surface area contributed by atoms with Crippen LogP contribution in [0.25, 0.3) is 0 Å². The van der Waals surface area contributed by atoms with Gasteiger partial charge in [-0.05, 0) is 30.2 Å². The molecule has 0 aliphatic carbocycles. The first-order valence-electron chi connectivity index (χ1n) is 6.42. The van der Waals surface area contributed by atoms with E-state index in [1.807, 2.05) is 19.9 Å². The van der Waals surface area contributed by atoms with Crippen LogP contribution in [0, 0.1) is 0 Å². The Hall–Kier alpha value is -1.35. The Bertz CT molecular complexity index is 384. The molecule has 3 heteroatoms. The molecule has 1 aromatic carbocycles. The lowest BCUT2D eigenvalue weighted by Crippen LogP contribution is -2.13. The van der Waals surface area contributed by atoms with E-state index in [9.17, 15) is 4.79 Å². The van der Waals surface area contributed by atoms with Crippen molar-refractivity contribution in [2.75, 3.05) is 11.9 Å². The Morgan fingerprint density at radius 3 is 2.88 bits per heavy atom. The van der Waals surface area contributed by atoms with Gasteiger partial charge >= 0.3 is 0 Å². The van der Waals surface area contributed by atoms with Gasteiger partial charge in [0.15, 0.2) is 0 Å². The topological polar surface area (TPSA) is 41.1 Å². The highest BCUT2D eigenvalue weighted by Crippen LogP contribution is 2.23. The van der Waals surface area contributed by atoms with Gasteiger partial charge in [-0.2, -0.15) is 0 Å². The maximum Gasteiger partial charge on any atom is 0.228 e. The molecular weight excluding hydrogens is 212 g/mol. The van der Waals surface area contributed by atoms with E-state index in [0.717, 1.165) is 30.8 Å². The summed E-state index contributed by atoms with van der Waals surface area (Å²) in [5.41, 5.74) is 3.34. The molecule has 0 radical (unpaired) electrons. The van der Waals surface area contributed by atoms with E-state index in [1.54, 1.807) is 0 Å². The summed E-state index contributed by atoms with van der Waals surface area (Å²) in [4.78, 5) is 11.1. The summed E-state index contributed by atoms with van der Waals surface area (Å²) in [5.74, 6) is 0.101. The number of fused-ring (bicyclic) bond motifs is 1. The minimum atomic E-state index is 0. The van der Waals surface area contributed by atoms with Crippen molar-refractivity contribution in [1.82, 2.24) is 5.32 Å². The predicted octanol–water partition coefficient (Wildman–Crippen LogP) is 3.20. The molecule has 1 aliphatic heterocycles. The van der Waals surface area contributed by atoms with Crippen LogP contribution in [0.1, 0.15) is 41.2 Å². The normalized spacial score (nSPS) is 12.5. The van der Waals surface area contributed by atoms with E-state index < -0.39 is 0 Å². The lowest BCUT2D eigenvalue weighted by molar-refractivity contribution is -0.115. The largest absolute Gasteiger partial charge is 0.326 e. The van der Waals surface area contributed by atoms with Gasteiger partial charge in [0, 0.05) is 15.1 Å². The number of amides is 1. The Kier molecular flexibility index (Phi) is 5.70. The molecule has 1 aromatic rings. The molecule has 0 aromatic heterocycles. The lowest BCUT2D eigenvalue weighted by Gasteiger charge is -2.05. The Labute approximate surface area is 107 Å². The Morgan fingerprint density at radius 2 is 2.18 bits per heavy atom. The van der Waals surface area contributed by atoms with Gasteiger partial charge in [0.1, 0.15) is 0 Å². The summed E-state index contributed by atoms with van der Waals surface area (Å²) in [6.45, 7) is 8.07. The second-order valence-corrected chi connectivity index (χ2v) is 3.89. The molecule has 0 fully saturated rings. The monoisotopic (exact) mass is 238 g/mol. The minimum absolute atomic E-state index is 0. The van der Waals surface area contributed by atoms with Crippen LogP contribution in [0.5, 0.6) is 0 Å². The number of hydrogen-bond acceptors (Lipinski definition) is 2. The fourth-order valence-corrected chi connectivity index (χ4v) is 1.80. The summed E-state index contributed by atoms with van der Waals surface area (Å²) in [7, 11) is 0. The van der Waals surface area contributed by atoms with Crippen molar-refractivity contribution in [2.24, 2.45) is 0 Å². The molecule has 0 atom stereocenters. The average molecular weight is 238 g/mol. The fraction of sp³-hybridized carbons (Fsp3) is 0.500. The highest BCUT2D eigenvalue weighted by molar-refractivity contribution is 5.99. The number of anilines is 1. The highest BCUT2D eigenvalue weighted by atomic mass is 16.1. The van der Waals surface area contributed by atoms with Gasteiger partial charge in [-0.15, -0.1) is 0 Å². The number of nitrogens with one attached hydrogen (secondary N) is 2. The molecule has 1 heterocycles. The van der Waals surface area contributed by atoms with Gasteiger partial charge in [-0.1, -0.05) is 32.9 Å². The van der Waals surface area contributed by atoms with Gasteiger partial charge in [0.05, 0.1) is 6.42 Å². The molecule has 1 amide bonds. The van der Waals surface area contributed by atoms with Crippen molar-refractivity contribution < 1.29 is 7.65 Å². The van der Waals surface area contributed by atoms with E-state index in [4.69, 9.17) is 0 Å². The zero-order chi connectivity index (χ0) is 12.7. The average Bonchev–Trinajstić information content (AvgIpc) is 2.71. The van der Waals surface area contributed by atoms with Crippen LogP contribution in [-0.2, 0) is 17.8 Å². The fourth-order valence-electron chi connectivity index (χ4n) is 1.80. The zero-order valence-corrected chi connectivity index (χ0v) is 11.0. The Morgan fingerprint density at radius 1 is 1.41 bits per heavy atom. The van der Waals surface area contributed by atoms with Crippen LogP contribution in [0.4, 0.5) is 5.69 Å². The van der Waals surface area contributed by atoms with E-state index in [0.29, 0.717) is 6.42 Å². The van der Waals surface area contributed by atoms with Crippen molar-refractivity contribution in [1.29, 1.82) is 0 Å². The van der Waals surface area contributed by atoms with Crippen molar-refractivity contribution in [3.05, 3.63) is 29.3 Å². The molecule has 0 spiro atoms. The van der Waals surface area contributed by atoms with Crippen LogP contribution in [0.15, 0.2) is 18.2 Å². The standard InChI is InChI=1S/C12H16N2O.C2H6.2H2/c1-2-5-13-8-9-3-4-11-10(6-9)7-12(15)14-11;1-2;;/h3-4,6,13H,2,5,7-8H2,1H3,(H,14,15);1-2H3;2*1H. The van der Waals surface area contributed by atoms with Crippen molar-refractivity contribution in [3.8, 4) is 0 Å². The summed E-state index contributed by atoms with van der Waals surface area (Å²) in [5, 5.41) is 6.18. The maximum atomic E-state index is 11.1. The number of benzene rings is 1. The van der Waals surface area contributed by atoms with Crippen LogP contribution < -0.4 is 10.6 Å². The van der Waals surface area contributed by atoms with Gasteiger partial charge < -0.3 is 10.6 Å². The van der Waals surface area contributed by atoms with Gasteiger partial charge in [-0.25, -0.2) is 0 Å². The Balaban J connectivity index is 0. The van der Waals surface area contributed by atoms with Crippen LogP contribution in [0.2, 0.25) is 0 Å². The third kappa shape index (κ3) is 3.86. The van der Waals surface area contributed by atoms with E-state index in [-0.39, 0.29) is 8.76 Å². The van der Waals surface area contributed by atoms with E-state index >= 15 is 0 Å². The quantitative estimate of drug-likeness (QED) is 0.791. The third-order valence-corrected chi connectivity index (χ3v) is 2.55. The molecule has 2 N–H and O–H groups in total. The summed E-state index contributed by atoms with van der Waals surface area (Å²) >= 11 is 0. The predicted molar refractivity (Wildman–Crippen MR) is 76.3 cm³/mol. The van der Waals surface area contributed by atoms with Crippen molar-refractivity contribution in [3.63, 3.8) is 0 Å². The SMILES string of the molecule is CC.CCCNCc1ccc2c(c1)CC(=O)N2.[HH].[HH]. The zero-order valence-electron chi connectivity index (χ0n) is 11.0. The molecule has 17 heavy (non-hydrogen) atoms. The van der Waals surface area contributed by atoms with Gasteiger partial charge in [-0.3, -0.25) is 4.79 Å². The molecule has 98 valence electrons. The minimum Gasteiger partial charge on any atom is -0.326 e. The second kappa shape index (κ2) is 7.07. The van der Waals surface area contributed by atoms with E-state index in [1.165, 1.54) is 5.56 Å². The number of hydrogen-bond donors (Lipinski definition) is 2. The smallest absolute Gasteiger partial charge is 0.228 e. The number of carbonyl (C=O) groups is 1. The maximum absolute atomic E-state index is 11.1. The van der Waals surface area contributed by atoms with Crippen LogP contribution >= 0.6 is 0 Å². The number of carbonyl (C=O) groups excluding carboxylic acids is 1. The first-order valence-corrected chi connectivity index (χ1v) is 6.42. The summed E-state index contributed by atoms with van der Waals surface area (Å²) < 4.78 is 0. The molecule has 0 bridgehead atoms. The van der Waals surface area contributed by atoms with Crippen molar-refractivity contribution >= 4 is 11.6 Å². The molecule has 0 saturated carbocycles. The van der Waals surface area contributed by atoms with Crippen LogP contribution in [-0.4, -0.2) is 12.5 Å². The molecule has 2 rings (SSSR count). The second-order valence-electron chi connectivity index (χ2n) is 3.89. The third-order valence-electron chi connectivity index (χ3n) is 2.55. The lowest BCUT2D eigenvalue weighted by atomic mass is 10.1. The van der Waals surface area contributed by atoms with E-state index in [2.05, 4.69) is 29.7 Å². The first-order chi connectivity index (χ1) is 8.29. The summed E-state index contributed by atoms with van der Waals surface area (Å²) in [6.07, 6.45) is 1.67. The van der Waals surface area contributed by atoms with Gasteiger partial charge in [0.2, 0.25) is 5.91 Å². The highest BCUT2D eigenvalue weighted by Gasteiger charge is 2.16. The molecular formula is C14H26N2O. The number of rotatable bonds is 4. The summed E-state index contributed by atoms with van der Waals surface area (Å²) in [6, 6.07) is 6.16. The molecule has 0 unspecified atom stereocenters. The van der Waals surface area contributed by atoms with Crippen molar-refractivity contribution in [2.45, 2.75) is 40.2 Å². The molecule has 1 aliphatic rings. The molecule has 3 nitrogen and oxygen atoms in total. The first kappa shape index (κ1) is 13.7. The van der Waals surface area contributed by atoms with Crippen LogP contribution in [0.3, 0.4) is 0 Å². The van der Waals surface area contributed by atoms with Gasteiger partial charge in [0.25, 0.3) is 0 Å². The molecule has 0 saturated heterocycles.